The number of benzene rings is 2. The Labute approximate surface area is 152 Å². The fourth-order valence-electron chi connectivity index (χ4n) is 3.19. The Hall–Kier alpha value is -2.76. The van der Waals surface area contributed by atoms with E-state index in [0.29, 0.717) is 24.6 Å². The monoisotopic (exact) mass is 358 g/mol. The second kappa shape index (κ2) is 7.64. The summed E-state index contributed by atoms with van der Waals surface area (Å²) in [6.45, 7) is 1.46. The Morgan fingerprint density at radius 3 is 2.35 bits per heavy atom. The van der Waals surface area contributed by atoms with Crippen molar-refractivity contribution in [3.8, 4) is 11.5 Å². The minimum Gasteiger partial charge on any atom is -0.493 e. The average molecular weight is 358 g/mol. The first kappa shape index (κ1) is 18.0. The van der Waals surface area contributed by atoms with Crippen molar-refractivity contribution in [2.45, 2.75) is 13.0 Å². The van der Waals surface area contributed by atoms with Gasteiger partial charge in [0, 0.05) is 25.8 Å². The van der Waals surface area contributed by atoms with E-state index >= 15 is 0 Å². The van der Waals surface area contributed by atoms with Crippen LogP contribution in [0, 0.1) is 5.82 Å². The fourth-order valence-corrected chi connectivity index (χ4v) is 3.19. The molecule has 0 bridgehead atoms. The van der Waals surface area contributed by atoms with Crippen molar-refractivity contribution in [2.75, 3.05) is 39.3 Å². The van der Waals surface area contributed by atoms with E-state index in [2.05, 4.69) is 0 Å². The number of hydrogen-bond acceptors (Lipinski definition) is 4. The van der Waals surface area contributed by atoms with Crippen molar-refractivity contribution in [3.05, 3.63) is 53.3 Å². The molecule has 0 N–H and O–H groups in total. The Balaban J connectivity index is 1.69. The number of hydrogen-bond donors (Lipinski definition) is 0. The lowest BCUT2D eigenvalue weighted by Crippen LogP contribution is -2.41. The number of nitrogens with zero attached hydrogens (tertiary/aromatic N) is 2. The molecule has 1 heterocycles. The number of carbonyl (C=O) groups is 1. The van der Waals surface area contributed by atoms with Crippen LogP contribution in [0.3, 0.4) is 0 Å². The van der Waals surface area contributed by atoms with Gasteiger partial charge >= 0.3 is 0 Å². The van der Waals surface area contributed by atoms with Crippen LogP contribution in [0.1, 0.15) is 11.1 Å². The predicted molar refractivity (Wildman–Crippen MR) is 98.3 cm³/mol. The van der Waals surface area contributed by atoms with Crippen molar-refractivity contribution < 1.29 is 18.7 Å². The number of carbonyl (C=O) groups excluding carboxylic acids is 1. The quantitative estimate of drug-likeness (QED) is 0.824. The van der Waals surface area contributed by atoms with Crippen LogP contribution in [-0.2, 0) is 17.8 Å². The molecule has 0 atom stereocenters. The summed E-state index contributed by atoms with van der Waals surface area (Å²) < 4.78 is 23.8. The highest BCUT2D eigenvalue weighted by atomic mass is 19.1. The number of methoxy groups -OCH3 is 2. The number of rotatable bonds is 5. The number of likely N-dealkylation sites (N-methyl/N-ethyl adjacent to an activating group) is 1. The Morgan fingerprint density at radius 1 is 1.12 bits per heavy atom. The van der Waals surface area contributed by atoms with E-state index in [1.807, 2.05) is 29.0 Å². The molecule has 1 aliphatic heterocycles. The normalized spacial score (nSPS) is 13.2. The summed E-state index contributed by atoms with van der Waals surface area (Å²) in [5.41, 5.74) is 3.06. The molecule has 0 aromatic heterocycles. The van der Waals surface area contributed by atoms with E-state index in [0.717, 1.165) is 17.7 Å². The third-order valence-corrected chi connectivity index (χ3v) is 4.71. The first-order valence-electron chi connectivity index (χ1n) is 8.50. The maximum atomic E-state index is 13.0. The number of amides is 1. The first-order chi connectivity index (χ1) is 12.5. The Kier molecular flexibility index (Phi) is 5.30. The summed E-state index contributed by atoms with van der Waals surface area (Å²) in [7, 11) is 5.05. The molecule has 6 heteroatoms. The van der Waals surface area contributed by atoms with Gasteiger partial charge in [-0.25, -0.2) is 4.39 Å². The zero-order valence-electron chi connectivity index (χ0n) is 15.3. The van der Waals surface area contributed by atoms with Crippen LogP contribution in [0.25, 0.3) is 0 Å². The van der Waals surface area contributed by atoms with E-state index < -0.39 is 0 Å². The molecule has 0 unspecified atom stereocenters. The Morgan fingerprint density at radius 2 is 1.73 bits per heavy atom. The van der Waals surface area contributed by atoms with Crippen LogP contribution >= 0.6 is 0 Å². The molecule has 2 aromatic rings. The van der Waals surface area contributed by atoms with Gasteiger partial charge < -0.3 is 19.3 Å². The molecule has 0 saturated heterocycles. The van der Waals surface area contributed by atoms with Crippen LogP contribution < -0.4 is 14.4 Å². The topological polar surface area (TPSA) is 42.0 Å². The van der Waals surface area contributed by atoms with Gasteiger partial charge in [0.2, 0.25) is 5.91 Å². The third kappa shape index (κ3) is 3.74. The summed E-state index contributed by atoms with van der Waals surface area (Å²) in [6.07, 6.45) is 0.779. The van der Waals surface area contributed by atoms with Gasteiger partial charge in [0.05, 0.1) is 20.8 Å². The molecule has 0 saturated carbocycles. The van der Waals surface area contributed by atoms with Crippen molar-refractivity contribution in [2.24, 2.45) is 0 Å². The van der Waals surface area contributed by atoms with Gasteiger partial charge in [-0.2, -0.15) is 0 Å². The molecule has 1 amide bonds. The minimum atomic E-state index is -0.287. The summed E-state index contributed by atoms with van der Waals surface area (Å²) in [5, 5.41) is 0. The van der Waals surface area contributed by atoms with Gasteiger partial charge in [-0.1, -0.05) is 0 Å². The van der Waals surface area contributed by atoms with E-state index in [1.54, 1.807) is 26.4 Å². The van der Waals surface area contributed by atoms with Gasteiger partial charge in [-0.3, -0.25) is 4.79 Å². The molecule has 2 aromatic carbocycles. The van der Waals surface area contributed by atoms with Gasteiger partial charge in [0.15, 0.2) is 11.5 Å². The van der Waals surface area contributed by atoms with Crippen LogP contribution in [0.5, 0.6) is 11.5 Å². The zero-order chi connectivity index (χ0) is 18.7. The highest BCUT2D eigenvalue weighted by Gasteiger charge is 2.23. The number of ether oxygens (including phenoxy) is 2. The van der Waals surface area contributed by atoms with Crippen molar-refractivity contribution in [3.63, 3.8) is 0 Å². The van der Waals surface area contributed by atoms with E-state index in [4.69, 9.17) is 9.47 Å². The van der Waals surface area contributed by atoms with E-state index in [-0.39, 0.29) is 18.3 Å². The minimum absolute atomic E-state index is 0.0391. The largest absolute Gasteiger partial charge is 0.493 e. The van der Waals surface area contributed by atoms with Crippen molar-refractivity contribution in [1.82, 2.24) is 4.90 Å². The number of anilines is 1. The molecule has 1 aliphatic rings. The second-order valence-corrected chi connectivity index (χ2v) is 6.37. The highest BCUT2D eigenvalue weighted by molar-refractivity contribution is 5.81. The Bertz CT molecular complexity index is 792. The van der Waals surface area contributed by atoms with Crippen LogP contribution in [0.15, 0.2) is 36.4 Å². The van der Waals surface area contributed by atoms with Gasteiger partial charge in [0.1, 0.15) is 5.82 Å². The van der Waals surface area contributed by atoms with Gasteiger partial charge in [-0.05, 0) is 53.9 Å². The lowest BCUT2D eigenvalue weighted by molar-refractivity contribution is -0.130. The second-order valence-electron chi connectivity index (χ2n) is 6.37. The van der Waals surface area contributed by atoms with E-state index in [1.165, 1.54) is 17.7 Å². The molecule has 0 fully saturated rings. The zero-order valence-corrected chi connectivity index (χ0v) is 15.3. The molecule has 0 aliphatic carbocycles. The maximum Gasteiger partial charge on any atom is 0.242 e. The molecule has 3 rings (SSSR count). The maximum absolute atomic E-state index is 13.0. The average Bonchev–Trinajstić information content (AvgIpc) is 2.66. The van der Waals surface area contributed by atoms with Gasteiger partial charge in [-0.15, -0.1) is 0 Å². The molecular formula is C20H23FN2O3. The highest BCUT2D eigenvalue weighted by Crippen LogP contribution is 2.33. The van der Waals surface area contributed by atoms with Crippen molar-refractivity contribution >= 4 is 11.6 Å². The summed E-state index contributed by atoms with van der Waals surface area (Å²) in [6, 6.07) is 10.1. The molecule has 5 nitrogen and oxygen atoms in total. The third-order valence-electron chi connectivity index (χ3n) is 4.71. The fraction of sp³-hybridized carbons (Fsp3) is 0.350. The molecule has 26 heavy (non-hydrogen) atoms. The first-order valence-corrected chi connectivity index (χ1v) is 8.50. The van der Waals surface area contributed by atoms with E-state index in [9.17, 15) is 9.18 Å². The molecule has 0 radical (unpaired) electrons. The number of fused-ring (bicyclic) bond motifs is 1. The smallest absolute Gasteiger partial charge is 0.242 e. The summed E-state index contributed by atoms with van der Waals surface area (Å²) in [5.74, 6) is 1.13. The summed E-state index contributed by atoms with van der Waals surface area (Å²) in [4.78, 5) is 16.4. The molecule has 138 valence electrons. The SMILES string of the molecule is COc1cc2c(cc1OC)CN(C(=O)CN(C)c1ccc(F)cc1)CC2. The predicted octanol–water partition coefficient (Wildman–Crippen LogP) is 2.86. The van der Waals surface area contributed by atoms with Crippen LogP contribution in [0.4, 0.5) is 10.1 Å². The van der Waals surface area contributed by atoms with Crippen LogP contribution in [-0.4, -0.2) is 45.2 Å². The molecule has 0 spiro atoms. The summed E-state index contributed by atoms with van der Waals surface area (Å²) >= 11 is 0. The number of halogens is 1. The van der Waals surface area contributed by atoms with Crippen molar-refractivity contribution in [1.29, 1.82) is 0 Å². The van der Waals surface area contributed by atoms with Crippen LogP contribution in [0.2, 0.25) is 0 Å². The van der Waals surface area contributed by atoms with Gasteiger partial charge in [0.25, 0.3) is 0 Å². The lowest BCUT2D eigenvalue weighted by atomic mass is 9.98. The lowest BCUT2D eigenvalue weighted by Gasteiger charge is -2.31. The standard InChI is InChI=1S/C20H23FN2O3/c1-22(17-6-4-16(21)5-7-17)13-20(24)23-9-8-14-10-18(25-2)19(26-3)11-15(14)12-23/h4-7,10-11H,8-9,12-13H2,1-3H3. The molecular weight excluding hydrogens is 335 g/mol.